The maximum absolute atomic E-state index is 12.4. The van der Waals surface area contributed by atoms with Gasteiger partial charge in [0.15, 0.2) is 0 Å². The van der Waals surface area contributed by atoms with Gasteiger partial charge in [-0.1, -0.05) is 12.1 Å². The molecule has 2 N–H and O–H groups in total. The van der Waals surface area contributed by atoms with Gasteiger partial charge in [0, 0.05) is 24.9 Å². The Morgan fingerprint density at radius 3 is 2.21 bits per heavy atom. The van der Waals surface area contributed by atoms with Crippen molar-refractivity contribution in [2.24, 2.45) is 11.8 Å². The number of methoxy groups -OCH3 is 1. The van der Waals surface area contributed by atoms with Gasteiger partial charge in [-0.3, -0.25) is 9.59 Å². The Bertz CT molecular complexity index is 625. The third-order valence-electron chi connectivity index (χ3n) is 5.40. The number of nitrogens with zero attached hydrogens (tertiary/aromatic N) is 1. The number of nitrogens with one attached hydrogen (secondary N) is 2. The van der Waals surface area contributed by atoms with Gasteiger partial charge in [-0.15, -0.1) is 0 Å². The summed E-state index contributed by atoms with van der Waals surface area (Å²) in [5.41, 5.74) is 1.15. The molecule has 1 aromatic rings. The molecule has 0 heterocycles. The molecule has 0 aliphatic heterocycles. The van der Waals surface area contributed by atoms with Gasteiger partial charge in [-0.2, -0.15) is 0 Å². The summed E-state index contributed by atoms with van der Waals surface area (Å²) in [7, 11) is 5.72. The highest BCUT2D eigenvalue weighted by Gasteiger charge is 2.29. The Hall–Kier alpha value is -2.08. The third-order valence-corrected chi connectivity index (χ3v) is 5.40. The Labute approximate surface area is 169 Å². The Kier molecular flexibility index (Phi) is 9.28. The SMILES string of the molecule is COc1cccc(CCNC(=O)C2CCC(C(=O)NCCCN(C)C)CC2)c1. The number of carbonyl (C=O) groups excluding carboxylic acids is 2. The lowest BCUT2D eigenvalue weighted by molar-refractivity contribution is -0.130. The zero-order valence-corrected chi connectivity index (χ0v) is 17.5. The molecule has 0 saturated heterocycles. The van der Waals surface area contributed by atoms with Crippen LogP contribution in [-0.2, 0) is 16.0 Å². The molecule has 0 bridgehead atoms. The Balaban J connectivity index is 1.63. The molecule has 28 heavy (non-hydrogen) atoms. The summed E-state index contributed by atoms with van der Waals surface area (Å²) in [6, 6.07) is 7.91. The lowest BCUT2D eigenvalue weighted by Gasteiger charge is -2.27. The zero-order valence-electron chi connectivity index (χ0n) is 17.5. The number of carbonyl (C=O) groups is 2. The second-order valence-electron chi connectivity index (χ2n) is 7.89. The van der Waals surface area contributed by atoms with E-state index in [0.29, 0.717) is 6.54 Å². The number of ether oxygens (including phenoxy) is 1. The molecule has 0 aromatic heterocycles. The average molecular weight is 390 g/mol. The van der Waals surface area contributed by atoms with Gasteiger partial charge in [-0.05, 0) is 76.9 Å². The lowest BCUT2D eigenvalue weighted by Crippen LogP contribution is -2.38. The fourth-order valence-electron chi connectivity index (χ4n) is 3.67. The normalized spacial score (nSPS) is 19.3. The molecular formula is C22H35N3O3. The largest absolute Gasteiger partial charge is 0.497 e. The first kappa shape index (κ1) is 22.2. The van der Waals surface area contributed by atoms with Gasteiger partial charge in [0.05, 0.1) is 7.11 Å². The van der Waals surface area contributed by atoms with E-state index in [1.807, 2.05) is 38.4 Å². The lowest BCUT2D eigenvalue weighted by atomic mass is 9.81. The maximum atomic E-state index is 12.4. The monoisotopic (exact) mass is 389 g/mol. The molecule has 0 radical (unpaired) electrons. The van der Waals surface area contributed by atoms with Crippen molar-refractivity contribution >= 4 is 11.8 Å². The minimum absolute atomic E-state index is 0.0306. The van der Waals surface area contributed by atoms with Crippen LogP contribution in [0.25, 0.3) is 0 Å². The Morgan fingerprint density at radius 1 is 1.04 bits per heavy atom. The van der Waals surface area contributed by atoms with Crippen molar-refractivity contribution in [3.8, 4) is 5.75 Å². The van der Waals surface area contributed by atoms with Crippen LogP contribution in [-0.4, -0.2) is 57.6 Å². The fraction of sp³-hybridized carbons (Fsp3) is 0.636. The molecule has 1 fully saturated rings. The number of hydrogen-bond donors (Lipinski definition) is 2. The molecule has 6 nitrogen and oxygen atoms in total. The van der Waals surface area contributed by atoms with Crippen molar-refractivity contribution in [1.82, 2.24) is 15.5 Å². The Morgan fingerprint density at radius 2 is 1.64 bits per heavy atom. The van der Waals surface area contributed by atoms with Crippen LogP contribution < -0.4 is 15.4 Å². The molecule has 6 heteroatoms. The summed E-state index contributed by atoms with van der Waals surface area (Å²) in [5.74, 6) is 1.19. The quantitative estimate of drug-likeness (QED) is 0.602. The van der Waals surface area contributed by atoms with Crippen LogP contribution in [0.1, 0.15) is 37.7 Å². The van der Waals surface area contributed by atoms with E-state index in [0.717, 1.165) is 62.9 Å². The molecule has 0 unspecified atom stereocenters. The summed E-state index contributed by atoms with van der Waals surface area (Å²) >= 11 is 0. The smallest absolute Gasteiger partial charge is 0.223 e. The average Bonchev–Trinajstić information content (AvgIpc) is 2.71. The van der Waals surface area contributed by atoms with Gasteiger partial charge >= 0.3 is 0 Å². The van der Waals surface area contributed by atoms with Gasteiger partial charge in [0.2, 0.25) is 11.8 Å². The molecule has 0 atom stereocenters. The highest BCUT2D eigenvalue weighted by molar-refractivity contribution is 5.81. The highest BCUT2D eigenvalue weighted by atomic mass is 16.5. The van der Waals surface area contributed by atoms with Crippen LogP contribution in [0, 0.1) is 11.8 Å². The predicted octanol–water partition coefficient (Wildman–Crippen LogP) is 2.23. The van der Waals surface area contributed by atoms with Crippen LogP contribution in [0.4, 0.5) is 0 Å². The van der Waals surface area contributed by atoms with E-state index in [2.05, 4.69) is 15.5 Å². The summed E-state index contributed by atoms with van der Waals surface area (Å²) in [6.07, 6.45) is 4.93. The first-order chi connectivity index (χ1) is 13.5. The van der Waals surface area contributed by atoms with Crippen molar-refractivity contribution in [3.63, 3.8) is 0 Å². The van der Waals surface area contributed by atoms with E-state index in [1.165, 1.54) is 0 Å². The van der Waals surface area contributed by atoms with Crippen molar-refractivity contribution in [3.05, 3.63) is 29.8 Å². The van der Waals surface area contributed by atoms with Crippen LogP contribution in [0.5, 0.6) is 5.75 Å². The van der Waals surface area contributed by atoms with Crippen molar-refractivity contribution in [1.29, 1.82) is 0 Å². The van der Waals surface area contributed by atoms with Crippen LogP contribution in [0.2, 0.25) is 0 Å². The fourth-order valence-corrected chi connectivity index (χ4v) is 3.67. The molecule has 1 aromatic carbocycles. The molecule has 1 saturated carbocycles. The van der Waals surface area contributed by atoms with Gasteiger partial charge in [0.25, 0.3) is 0 Å². The number of rotatable bonds is 10. The second kappa shape index (κ2) is 11.7. The van der Waals surface area contributed by atoms with E-state index >= 15 is 0 Å². The standard InChI is InChI=1S/C22H35N3O3/c1-25(2)15-5-13-23-21(26)18-8-10-19(11-9-18)22(27)24-14-12-17-6-4-7-20(16-17)28-3/h4,6-7,16,18-19H,5,8-15H2,1-3H3,(H,23,26)(H,24,27). The van der Waals surface area contributed by atoms with Crippen molar-refractivity contribution in [2.75, 3.05) is 40.8 Å². The minimum Gasteiger partial charge on any atom is -0.497 e. The molecule has 0 spiro atoms. The minimum atomic E-state index is 0.0306. The number of amides is 2. The van der Waals surface area contributed by atoms with Crippen molar-refractivity contribution in [2.45, 2.75) is 38.5 Å². The van der Waals surface area contributed by atoms with E-state index in [1.54, 1.807) is 7.11 Å². The van der Waals surface area contributed by atoms with E-state index in [-0.39, 0.29) is 23.7 Å². The molecule has 2 amide bonds. The highest BCUT2D eigenvalue weighted by Crippen LogP contribution is 2.29. The summed E-state index contributed by atoms with van der Waals surface area (Å²) in [4.78, 5) is 26.8. The zero-order chi connectivity index (χ0) is 20.4. The van der Waals surface area contributed by atoms with E-state index in [9.17, 15) is 9.59 Å². The number of benzene rings is 1. The third kappa shape index (κ3) is 7.50. The van der Waals surface area contributed by atoms with E-state index in [4.69, 9.17) is 4.74 Å². The topological polar surface area (TPSA) is 70.7 Å². The van der Waals surface area contributed by atoms with Crippen LogP contribution >= 0.6 is 0 Å². The van der Waals surface area contributed by atoms with Gasteiger partial charge < -0.3 is 20.3 Å². The molecular weight excluding hydrogens is 354 g/mol. The van der Waals surface area contributed by atoms with Crippen LogP contribution in [0.3, 0.4) is 0 Å². The molecule has 156 valence electrons. The molecule has 2 rings (SSSR count). The second-order valence-corrected chi connectivity index (χ2v) is 7.89. The van der Waals surface area contributed by atoms with Gasteiger partial charge in [-0.25, -0.2) is 0 Å². The molecule has 1 aliphatic carbocycles. The first-order valence-corrected chi connectivity index (χ1v) is 10.3. The maximum Gasteiger partial charge on any atom is 0.223 e. The van der Waals surface area contributed by atoms with Gasteiger partial charge in [0.1, 0.15) is 5.75 Å². The summed E-state index contributed by atoms with van der Waals surface area (Å²) in [5, 5.41) is 6.09. The summed E-state index contributed by atoms with van der Waals surface area (Å²) in [6.45, 7) is 2.32. The molecule has 1 aliphatic rings. The van der Waals surface area contributed by atoms with Crippen LogP contribution in [0.15, 0.2) is 24.3 Å². The van der Waals surface area contributed by atoms with Crippen molar-refractivity contribution < 1.29 is 14.3 Å². The number of hydrogen-bond acceptors (Lipinski definition) is 4. The predicted molar refractivity (Wildman–Crippen MR) is 111 cm³/mol. The summed E-state index contributed by atoms with van der Waals surface area (Å²) < 4.78 is 5.23. The van der Waals surface area contributed by atoms with E-state index < -0.39 is 0 Å². The first-order valence-electron chi connectivity index (χ1n) is 10.3.